The van der Waals surface area contributed by atoms with Crippen LogP contribution >= 0.6 is 11.8 Å². The summed E-state index contributed by atoms with van der Waals surface area (Å²) in [5.41, 5.74) is 11.2. The lowest BCUT2D eigenvalue weighted by molar-refractivity contribution is 0.343. The Kier molecular flexibility index (Phi) is 5.86. The Morgan fingerprint density at radius 1 is 1.12 bits per heavy atom. The summed E-state index contributed by atoms with van der Waals surface area (Å²) in [5.74, 6) is 1.83. The maximum Gasteiger partial charge on any atom is 0.242 e. The third-order valence-electron chi connectivity index (χ3n) is 2.93. The highest BCUT2D eigenvalue weighted by Gasteiger charge is 2.16. The maximum atomic E-state index is 12.0. The molecule has 1 aromatic carbocycles. The predicted molar refractivity (Wildman–Crippen MR) is 94.4 cm³/mol. The molecule has 0 atom stereocenters. The first-order valence-corrected chi connectivity index (χ1v) is 9.40. The molecule has 0 fully saturated rings. The van der Waals surface area contributed by atoms with Crippen molar-refractivity contribution in [3.05, 3.63) is 30.3 Å². The zero-order valence-electron chi connectivity index (χ0n) is 13.3. The van der Waals surface area contributed by atoms with Crippen LogP contribution in [0.3, 0.4) is 0 Å². The highest BCUT2D eigenvalue weighted by Crippen LogP contribution is 2.19. The van der Waals surface area contributed by atoms with Crippen LogP contribution in [0.25, 0.3) is 0 Å². The lowest BCUT2D eigenvalue weighted by Crippen LogP contribution is -2.22. The molecule has 2 rings (SSSR count). The van der Waals surface area contributed by atoms with Crippen LogP contribution in [0.5, 0.6) is 5.75 Å². The summed E-state index contributed by atoms with van der Waals surface area (Å²) in [7, 11) is -0.453. The normalized spacial score (nSPS) is 11.6. The van der Waals surface area contributed by atoms with Gasteiger partial charge in [0.25, 0.3) is 0 Å². The van der Waals surface area contributed by atoms with Crippen molar-refractivity contribution in [2.75, 3.05) is 37.9 Å². The lowest BCUT2D eigenvalue weighted by atomic mass is 10.3. The number of nitrogens with zero attached hydrogens (tertiary/aromatic N) is 3. The van der Waals surface area contributed by atoms with Gasteiger partial charge in [-0.15, -0.1) is 0 Å². The molecular weight excluding hydrogens is 350 g/mol. The Bertz CT molecular complexity index is 774. The molecule has 0 aliphatic rings. The summed E-state index contributed by atoms with van der Waals surface area (Å²) >= 11 is 1.37. The Hall–Kier alpha value is -2.04. The molecule has 0 aliphatic carbocycles. The molecule has 0 saturated heterocycles. The lowest BCUT2D eigenvalue weighted by Gasteiger charge is -2.12. The van der Waals surface area contributed by atoms with Gasteiger partial charge in [-0.2, -0.15) is 0 Å². The molecule has 0 radical (unpaired) electrons. The second-order valence-corrected chi connectivity index (χ2v) is 8.17. The smallest absolute Gasteiger partial charge is 0.242 e. The molecule has 0 unspecified atom stereocenters. The second kappa shape index (κ2) is 7.69. The number of thioether (sulfide) groups is 1. The van der Waals surface area contributed by atoms with Crippen LogP contribution in [0.2, 0.25) is 0 Å². The van der Waals surface area contributed by atoms with Crippen LogP contribution in [0.15, 0.2) is 40.4 Å². The fourth-order valence-corrected chi connectivity index (χ4v) is 3.33. The monoisotopic (exact) mass is 369 g/mol. The summed E-state index contributed by atoms with van der Waals surface area (Å²) in [6, 6.07) is 7.76. The van der Waals surface area contributed by atoms with Crippen molar-refractivity contribution >= 4 is 33.4 Å². The molecule has 8 nitrogen and oxygen atoms in total. The summed E-state index contributed by atoms with van der Waals surface area (Å²) in [4.78, 5) is 8.33. The first-order valence-electron chi connectivity index (χ1n) is 6.97. The zero-order chi connectivity index (χ0) is 17.7. The Morgan fingerprint density at radius 3 is 2.25 bits per heavy atom. The minimum Gasteiger partial charge on any atom is -0.493 e. The van der Waals surface area contributed by atoms with Gasteiger partial charge in [-0.3, -0.25) is 0 Å². The van der Waals surface area contributed by atoms with Crippen LogP contribution in [0.1, 0.15) is 0 Å². The van der Waals surface area contributed by atoms with E-state index in [2.05, 4.69) is 9.97 Å². The van der Waals surface area contributed by atoms with Crippen molar-refractivity contribution in [2.45, 2.75) is 10.1 Å². The first-order chi connectivity index (χ1) is 11.3. The Labute approximate surface area is 145 Å². The van der Waals surface area contributed by atoms with E-state index in [1.54, 1.807) is 12.1 Å². The van der Waals surface area contributed by atoms with Crippen molar-refractivity contribution in [1.29, 1.82) is 0 Å². The molecule has 0 bridgehead atoms. The van der Waals surface area contributed by atoms with Gasteiger partial charge in [0.05, 0.1) is 11.5 Å². The SMILES string of the molecule is CN(C)S(=O)(=O)c1ccc(OCCSc2nc(N)cc(N)n2)cc1. The van der Waals surface area contributed by atoms with Crippen molar-refractivity contribution in [1.82, 2.24) is 14.3 Å². The minimum absolute atomic E-state index is 0.220. The van der Waals surface area contributed by atoms with Crippen LogP contribution in [-0.4, -0.2) is 49.1 Å². The first kappa shape index (κ1) is 18.3. The van der Waals surface area contributed by atoms with Crippen LogP contribution in [0, 0.1) is 0 Å². The number of benzene rings is 1. The fraction of sp³-hybridized carbons (Fsp3) is 0.286. The van der Waals surface area contributed by atoms with Crippen LogP contribution in [0.4, 0.5) is 11.6 Å². The molecule has 4 N–H and O–H groups in total. The standard InChI is InChI=1S/C14H19N5O3S2/c1-19(2)24(20,21)11-5-3-10(4-6-11)22-7-8-23-14-17-12(15)9-13(16)18-14/h3-6,9H,7-8H2,1-2H3,(H4,15,16,17,18). The number of nitrogens with two attached hydrogens (primary N) is 2. The molecule has 0 saturated carbocycles. The van der Waals surface area contributed by atoms with Gasteiger partial charge in [0.2, 0.25) is 10.0 Å². The topological polar surface area (TPSA) is 124 Å². The molecule has 1 heterocycles. The van der Waals surface area contributed by atoms with Crippen molar-refractivity contribution < 1.29 is 13.2 Å². The van der Waals surface area contributed by atoms with E-state index in [4.69, 9.17) is 16.2 Å². The number of hydrogen-bond acceptors (Lipinski definition) is 8. The van der Waals surface area contributed by atoms with Gasteiger partial charge in [0, 0.05) is 25.9 Å². The number of aromatic nitrogens is 2. The van der Waals surface area contributed by atoms with Gasteiger partial charge >= 0.3 is 0 Å². The highest BCUT2D eigenvalue weighted by molar-refractivity contribution is 7.99. The molecule has 0 spiro atoms. The van der Waals surface area contributed by atoms with Crippen molar-refractivity contribution in [3.8, 4) is 5.75 Å². The van der Waals surface area contributed by atoms with E-state index in [0.29, 0.717) is 34.9 Å². The molecule has 24 heavy (non-hydrogen) atoms. The third-order valence-corrected chi connectivity index (χ3v) is 5.57. The molecule has 10 heteroatoms. The van der Waals surface area contributed by atoms with Gasteiger partial charge in [-0.25, -0.2) is 22.7 Å². The largest absolute Gasteiger partial charge is 0.493 e. The highest BCUT2D eigenvalue weighted by atomic mass is 32.2. The fourth-order valence-electron chi connectivity index (χ4n) is 1.74. The maximum absolute atomic E-state index is 12.0. The van der Waals surface area contributed by atoms with E-state index in [0.717, 1.165) is 4.31 Å². The molecule has 130 valence electrons. The van der Waals surface area contributed by atoms with Gasteiger partial charge in [-0.05, 0) is 24.3 Å². The number of sulfonamides is 1. The average Bonchev–Trinajstić information content (AvgIpc) is 2.51. The quantitative estimate of drug-likeness (QED) is 0.422. The third kappa shape index (κ3) is 4.73. The van der Waals surface area contributed by atoms with E-state index in [-0.39, 0.29) is 4.90 Å². The van der Waals surface area contributed by atoms with Gasteiger partial charge in [-0.1, -0.05) is 11.8 Å². The van der Waals surface area contributed by atoms with Crippen molar-refractivity contribution in [3.63, 3.8) is 0 Å². The molecular formula is C14H19N5O3S2. The number of anilines is 2. The Balaban J connectivity index is 1.87. The summed E-state index contributed by atoms with van der Waals surface area (Å²) in [5, 5.41) is 0.489. The van der Waals surface area contributed by atoms with E-state index >= 15 is 0 Å². The molecule has 0 amide bonds. The van der Waals surface area contributed by atoms with E-state index in [1.165, 1.54) is 44.1 Å². The van der Waals surface area contributed by atoms with E-state index in [1.807, 2.05) is 0 Å². The van der Waals surface area contributed by atoms with E-state index < -0.39 is 10.0 Å². The number of ether oxygens (including phenoxy) is 1. The Morgan fingerprint density at radius 2 is 1.71 bits per heavy atom. The molecule has 0 aliphatic heterocycles. The van der Waals surface area contributed by atoms with E-state index in [9.17, 15) is 8.42 Å². The number of hydrogen-bond donors (Lipinski definition) is 2. The van der Waals surface area contributed by atoms with Crippen LogP contribution in [-0.2, 0) is 10.0 Å². The number of nitrogen functional groups attached to an aromatic ring is 2. The molecule has 2 aromatic rings. The van der Waals surface area contributed by atoms with Gasteiger partial charge in [0.1, 0.15) is 17.4 Å². The van der Waals surface area contributed by atoms with Gasteiger partial charge in [0.15, 0.2) is 5.16 Å². The molecule has 1 aromatic heterocycles. The summed E-state index contributed by atoms with van der Waals surface area (Å²) in [6.07, 6.45) is 0. The van der Waals surface area contributed by atoms with Crippen molar-refractivity contribution in [2.24, 2.45) is 0 Å². The minimum atomic E-state index is -3.43. The zero-order valence-corrected chi connectivity index (χ0v) is 15.0. The average molecular weight is 369 g/mol. The van der Waals surface area contributed by atoms with Crippen LogP contribution < -0.4 is 16.2 Å². The summed E-state index contributed by atoms with van der Waals surface area (Å²) < 4.78 is 30.7. The second-order valence-electron chi connectivity index (χ2n) is 4.96. The number of rotatable bonds is 7. The predicted octanol–water partition coefficient (Wildman–Crippen LogP) is 1.06. The van der Waals surface area contributed by atoms with Gasteiger partial charge < -0.3 is 16.2 Å². The summed E-state index contributed by atoms with van der Waals surface area (Å²) in [6.45, 7) is 0.405.